The third-order valence-electron chi connectivity index (χ3n) is 3.12. The molecular formula is C17H12Cl2N2OS2. The number of aromatic nitrogens is 1. The summed E-state index contributed by atoms with van der Waals surface area (Å²) in [6.07, 6.45) is 5.64. The van der Waals surface area contributed by atoms with Crippen LogP contribution >= 0.6 is 45.9 Å². The quantitative estimate of drug-likeness (QED) is 0.559. The SMILES string of the molecule is O=C(C=Cc1cccs1)Nc1ncc(Cc2cccc(Cl)c2Cl)s1. The average Bonchev–Trinajstić information content (AvgIpc) is 3.22. The molecule has 3 aromatic rings. The summed E-state index contributed by atoms with van der Waals surface area (Å²) in [4.78, 5) is 18.2. The predicted molar refractivity (Wildman–Crippen MR) is 103 cm³/mol. The lowest BCUT2D eigenvalue weighted by atomic mass is 10.1. The lowest BCUT2D eigenvalue weighted by Crippen LogP contribution is -2.06. The number of thiazole rings is 1. The summed E-state index contributed by atoms with van der Waals surface area (Å²) < 4.78 is 0. The lowest BCUT2D eigenvalue weighted by Gasteiger charge is -2.03. The maximum Gasteiger partial charge on any atom is 0.250 e. The topological polar surface area (TPSA) is 42.0 Å². The van der Waals surface area contributed by atoms with Crippen LogP contribution in [0.4, 0.5) is 5.13 Å². The van der Waals surface area contributed by atoms with E-state index in [0.717, 1.165) is 15.3 Å². The number of nitrogens with one attached hydrogen (secondary N) is 1. The molecule has 0 radical (unpaired) electrons. The fraction of sp³-hybridized carbons (Fsp3) is 0.0588. The summed E-state index contributed by atoms with van der Waals surface area (Å²) in [7, 11) is 0. The van der Waals surface area contributed by atoms with E-state index in [1.54, 1.807) is 29.7 Å². The molecule has 0 saturated heterocycles. The Labute approximate surface area is 157 Å². The smallest absolute Gasteiger partial charge is 0.250 e. The van der Waals surface area contributed by atoms with Crippen molar-refractivity contribution in [2.45, 2.75) is 6.42 Å². The number of carbonyl (C=O) groups is 1. The molecule has 1 amide bonds. The summed E-state index contributed by atoms with van der Waals surface area (Å²) in [5.74, 6) is -0.204. The van der Waals surface area contributed by atoms with Gasteiger partial charge in [-0.25, -0.2) is 4.98 Å². The van der Waals surface area contributed by atoms with Gasteiger partial charge in [0.05, 0.1) is 10.0 Å². The molecule has 1 aromatic carbocycles. The second kappa shape index (κ2) is 7.94. The van der Waals surface area contributed by atoms with Gasteiger partial charge in [0.15, 0.2) is 5.13 Å². The van der Waals surface area contributed by atoms with Crippen molar-refractivity contribution < 1.29 is 4.79 Å². The molecule has 0 saturated carbocycles. The first kappa shape index (κ1) is 17.2. The highest BCUT2D eigenvalue weighted by Crippen LogP contribution is 2.29. The van der Waals surface area contributed by atoms with Crippen LogP contribution in [0, 0.1) is 0 Å². The van der Waals surface area contributed by atoms with Crippen molar-refractivity contribution in [3.05, 3.63) is 73.3 Å². The Hall–Kier alpha value is -1.66. The van der Waals surface area contributed by atoms with E-state index in [2.05, 4.69) is 10.3 Å². The largest absolute Gasteiger partial charge is 0.298 e. The number of nitrogens with zero attached hydrogens (tertiary/aromatic N) is 1. The Morgan fingerprint density at radius 2 is 2.12 bits per heavy atom. The summed E-state index contributed by atoms with van der Waals surface area (Å²) >= 11 is 15.2. The zero-order valence-corrected chi connectivity index (χ0v) is 15.5. The fourth-order valence-corrected chi connectivity index (χ4v) is 3.85. The van der Waals surface area contributed by atoms with E-state index in [-0.39, 0.29) is 5.91 Å². The number of hydrogen-bond acceptors (Lipinski definition) is 4. The van der Waals surface area contributed by atoms with Gasteiger partial charge in [-0.1, -0.05) is 41.4 Å². The number of benzene rings is 1. The second-order valence-electron chi connectivity index (χ2n) is 4.86. The Kier molecular flexibility index (Phi) is 5.68. The fourth-order valence-electron chi connectivity index (χ4n) is 2.01. The van der Waals surface area contributed by atoms with E-state index in [1.165, 1.54) is 17.4 Å². The Morgan fingerprint density at radius 3 is 2.92 bits per heavy atom. The zero-order chi connectivity index (χ0) is 16.9. The van der Waals surface area contributed by atoms with Gasteiger partial charge in [-0.2, -0.15) is 0 Å². The molecule has 2 aromatic heterocycles. The second-order valence-corrected chi connectivity index (χ2v) is 7.74. The van der Waals surface area contributed by atoms with Crippen molar-refractivity contribution in [2.24, 2.45) is 0 Å². The molecule has 0 aliphatic heterocycles. The summed E-state index contributed by atoms with van der Waals surface area (Å²) in [6, 6.07) is 9.44. The van der Waals surface area contributed by atoms with Crippen molar-refractivity contribution in [2.75, 3.05) is 5.32 Å². The van der Waals surface area contributed by atoms with Crippen molar-refractivity contribution in [1.82, 2.24) is 4.98 Å². The van der Waals surface area contributed by atoms with Crippen LogP contribution in [0.5, 0.6) is 0 Å². The molecule has 1 N–H and O–H groups in total. The third kappa shape index (κ3) is 4.45. The van der Waals surface area contributed by atoms with Crippen LogP contribution in [0.3, 0.4) is 0 Å². The number of thiophene rings is 1. The molecule has 0 unspecified atom stereocenters. The molecule has 0 spiro atoms. The van der Waals surface area contributed by atoms with Crippen LogP contribution in [0.2, 0.25) is 10.0 Å². The minimum Gasteiger partial charge on any atom is -0.298 e. The lowest BCUT2D eigenvalue weighted by molar-refractivity contribution is -0.111. The summed E-state index contributed by atoms with van der Waals surface area (Å²) in [5, 5.41) is 6.37. The maximum absolute atomic E-state index is 11.9. The summed E-state index contributed by atoms with van der Waals surface area (Å²) in [6.45, 7) is 0. The van der Waals surface area contributed by atoms with Gasteiger partial charge in [-0.3, -0.25) is 10.1 Å². The molecule has 3 nitrogen and oxygen atoms in total. The minimum atomic E-state index is -0.204. The van der Waals surface area contributed by atoms with E-state index in [9.17, 15) is 4.79 Å². The van der Waals surface area contributed by atoms with E-state index >= 15 is 0 Å². The third-order valence-corrected chi connectivity index (χ3v) is 5.73. The standard InChI is InChI=1S/C17H12Cl2N2OS2/c18-14-5-1-3-11(16(14)19)9-13-10-20-17(24-13)21-15(22)7-6-12-4-2-8-23-12/h1-8,10H,9H2,(H,20,21,22). The van der Waals surface area contributed by atoms with E-state index in [0.29, 0.717) is 21.6 Å². The number of hydrogen-bond donors (Lipinski definition) is 1. The minimum absolute atomic E-state index is 0.204. The Balaban J connectivity index is 1.63. The van der Waals surface area contributed by atoms with Crippen LogP contribution in [-0.4, -0.2) is 10.9 Å². The molecular weight excluding hydrogens is 383 g/mol. The first-order chi connectivity index (χ1) is 11.6. The van der Waals surface area contributed by atoms with Gasteiger partial charge < -0.3 is 0 Å². The number of amides is 1. The first-order valence-electron chi connectivity index (χ1n) is 7.02. The number of carbonyl (C=O) groups excluding carboxylic acids is 1. The number of halogens is 2. The van der Waals surface area contributed by atoms with Crippen molar-refractivity contribution in [3.63, 3.8) is 0 Å². The molecule has 24 heavy (non-hydrogen) atoms. The van der Waals surface area contributed by atoms with Crippen LogP contribution in [-0.2, 0) is 11.2 Å². The average molecular weight is 395 g/mol. The van der Waals surface area contributed by atoms with E-state index in [1.807, 2.05) is 29.6 Å². The van der Waals surface area contributed by atoms with Gasteiger partial charge in [0.2, 0.25) is 5.91 Å². The Bertz CT molecular complexity index is 873. The highest BCUT2D eigenvalue weighted by atomic mass is 35.5. The van der Waals surface area contributed by atoms with Crippen LogP contribution in [0.25, 0.3) is 6.08 Å². The van der Waals surface area contributed by atoms with Crippen LogP contribution < -0.4 is 5.32 Å². The Morgan fingerprint density at radius 1 is 1.25 bits per heavy atom. The molecule has 7 heteroatoms. The normalized spacial score (nSPS) is 11.1. The van der Waals surface area contributed by atoms with Gasteiger partial charge in [0.1, 0.15) is 0 Å². The maximum atomic E-state index is 11.9. The van der Waals surface area contributed by atoms with Gasteiger partial charge in [-0.15, -0.1) is 22.7 Å². The monoisotopic (exact) mass is 394 g/mol. The molecule has 2 heterocycles. The van der Waals surface area contributed by atoms with Crippen molar-refractivity contribution in [3.8, 4) is 0 Å². The van der Waals surface area contributed by atoms with Gasteiger partial charge in [-0.05, 0) is 29.2 Å². The molecule has 0 atom stereocenters. The van der Waals surface area contributed by atoms with Crippen molar-refractivity contribution in [1.29, 1.82) is 0 Å². The van der Waals surface area contributed by atoms with Crippen molar-refractivity contribution >= 4 is 63.0 Å². The van der Waals surface area contributed by atoms with Crippen LogP contribution in [0.15, 0.2) is 48.0 Å². The molecule has 0 aliphatic carbocycles. The zero-order valence-electron chi connectivity index (χ0n) is 12.3. The molecule has 3 rings (SSSR count). The van der Waals surface area contributed by atoms with Gasteiger partial charge in [0.25, 0.3) is 0 Å². The van der Waals surface area contributed by atoms with E-state index in [4.69, 9.17) is 23.2 Å². The molecule has 0 aliphatic rings. The van der Waals surface area contributed by atoms with Gasteiger partial charge in [0, 0.05) is 28.4 Å². The van der Waals surface area contributed by atoms with Gasteiger partial charge >= 0.3 is 0 Å². The molecule has 0 bridgehead atoms. The van der Waals surface area contributed by atoms with Crippen LogP contribution in [0.1, 0.15) is 15.3 Å². The summed E-state index contributed by atoms with van der Waals surface area (Å²) in [5.41, 5.74) is 0.934. The highest BCUT2D eigenvalue weighted by Gasteiger charge is 2.09. The van der Waals surface area contributed by atoms with E-state index < -0.39 is 0 Å². The first-order valence-corrected chi connectivity index (χ1v) is 9.47. The number of rotatable bonds is 5. The highest BCUT2D eigenvalue weighted by molar-refractivity contribution is 7.15. The predicted octanol–water partition coefficient (Wildman–Crippen LogP) is 5.75. The molecule has 0 fully saturated rings. The number of anilines is 1. The molecule has 122 valence electrons.